The van der Waals surface area contributed by atoms with Crippen LogP contribution in [0.2, 0.25) is 0 Å². The van der Waals surface area contributed by atoms with Gasteiger partial charge in [-0.15, -0.1) is 11.3 Å². The summed E-state index contributed by atoms with van der Waals surface area (Å²) in [6.45, 7) is 6.75. The Morgan fingerprint density at radius 3 is 1.52 bits per heavy atom. The van der Waals surface area contributed by atoms with Crippen LogP contribution in [0.4, 0.5) is 0 Å². The summed E-state index contributed by atoms with van der Waals surface area (Å²) in [6, 6.07) is 77.2. The number of furan rings is 1. The number of rotatable bonds is 6. The Morgan fingerprint density at radius 2 is 0.925 bits per heavy atom. The van der Waals surface area contributed by atoms with E-state index < -0.39 is 0 Å². The molecule has 0 radical (unpaired) electrons. The molecule has 2 heterocycles. The third kappa shape index (κ3) is 6.22. The average molecular weight is 871 g/mol. The van der Waals surface area contributed by atoms with E-state index in [-0.39, 0.29) is 0 Å². The number of allylic oxidation sites excluding steroid dienone is 2. The van der Waals surface area contributed by atoms with Crippen LogP contribution in [-0.2, 0) is 0 Å². The van der Waals surface area contributed by atoms with Crippen molar-refractivity contribution < 1.29 is 4.42 Å². The van der Waals surface area contributed by atoms with Crippen LogP contribution < -0.4 is 9.75 Å². The highest BCUT2D eigenvalue weighted by atomic mass is 32.1. The molecule has 0 fully saturated rings. The third-order valence-corrected chi connectivity index (χ3v) is 14.8. The Kier molecular flexibility index (Phi) is 9.16. The van der Waals surface area contributed by atoms with E-state index in [0.29, 0.717) is 0 Å². The molecule has 0 aliphatic heterocycles. The van der Waals surface area contributed by atoms with Gasteiger partial charge in [0, 0.05) is 30.6 Å². The Balaban J connectivity index is 1.04. The summed E-state index contributed by atoms with van der Waals surface area (Å²) in [7, 11) is 0. The second-order valence-corrected chi connectivity index (χ2v) is 18.6. The summed E-state index contributed by atoms with van der Waals surface area (Å²) in [5.74, 6) is 0. The summed E-state index contributed by atoms with van der Waals surface area (Å²) in [5.41, 5.74) is 13.8. The second kappa shape index (κ2) is 15.7. The van der Waals surface area contributed by atoms with Crippen molar-refractivity contribution in [2.45, 2.75) is 6.92 Å². The van der Waals surface area contributed by atoms with E-state index >= 15 is 0 Å². The highest BCUT2D eigenvalue weighted by Gasteiger charge is 2.22. The molecule has 0 N–H and O–H groups in total. The average Bonchev–Trinajstić information content (AvgIpc) is 3.92. The summed E-state index contributed by atoms with van der Waals surface area (Å²) < 4.78 is 9.09. The third-order valence-electron chi connectivity index (χ3n) is 13.8. The van der Waals surface area contributed by atoms with Gasteiger partial charge in [0.2, 0.25) is 0 Å². The molecule has 0 saturated heterocycles. The van der Waals surface area contributed by atoms with Crippen molar-refractivity contribution in [2.75, 3.05) is 0 Å². The van der Waals surface area contributed by atoms with Crippen molar-refractivity contribution in [3.63, 3.8) is 0 Å². The van der Waals surface area contributed by atoms with Crippen LogP contribution in [0.25, 0.3) is 138 Å². The lowest BCUT2D eigenvalue weighted by atomic mass is 9.84. The van der Waals surface area contributed by atoms with Crippen LogP contribution in [-0.4, -0.2) is 0 Å². The van der Waals surface area contributed by atoms with Gasteiger partial charge in [-0.25, -0.2) is 0 Å². The van der Waals surface area contributed by atoms with Gasteiger partial charge in [0.1, 0.15) is 11.2 Å². The smallest absolute Gasteiger partial charge is 0.136 e. The summed E-state index contributed by atoms with van der Waals surface area (Å²) in [5, 5.41) is 14.4. The Labute approximate surface area is 392 Å². The molecule has 11 aromatic carbocycles. The SMILES string of the molecule is C=c1sc2ccc(-c3ccccc3)cc2/c1=C/C(=C\C)c1c2ccccc2c(-c2cccc3oc4ccc(-c5c6ccccc6c(-c6ccccc6)c6ccccc56)cc4c23)c2ccccc12. The topological polar surface area (TPSA) is 13.1 Å². The molecule has 0 aliphatic carbocycles. The lowest BCUT2D eigenvalue weighted by Crippen LogP contribution is -2.16. The van der Waals surface area contributed by atoms with Crippen molar-refractivity contribution in [3.8, 4) is 44.5 Å². The molecule has 13 rings (SSSR count). The molecular formula is C65H42OS. The fourth-order valence-electron chi connectivity index (χ4n) is 10.9. The van der Waals surface area contributed by atoms with Gasteiger partial charge in [-0.05, 0) is 142 Å². The number of hydrogen-bond acceptors (Lipinski definition) is 2. The van der Waals surface area contributed by atoms with E-state index in [1.165, 1.54) is 103 Å². The zero-order valence-electron chi connectivity index (χ0n) is 36.9. The lowest BCUT2D eigenvalue weighted by molar-refractivity contribution is 0.669. The fraction of sp³-hybridized carbons (Fsp3) is 0.0154. The van der Waals surface area contributed by atoms with Crippen molar-refractivity contribution in [1.29, 1.82) is 0 Å². The highest BCUT2D eigenvalue weighted by Crippen LogP contribution is 2.48. The maximum Gasteiger partial charge on any atom is 0.136 e. The van der Waals surface area contributed by atoms with E-state index in [1.54, 1.807) is 11.3 Å². The molecule has 13 aromatic rings. The summed E-state index contributed by atoms with van der Waals surface area (Å²) in [6.07, 6.45) is 4.64. The standard InChI is InChI=1S/C65H42OS/c1-3-41(37-55-40(2)67-60-36-34-44(38-56(55)60)42-19-6-4-7-20-42)61-50-27-14-16-29-52(50)64(53-30-17-15-28-51(53)61)54-31-18-32-59-65(54)57-39-45(33-35-58(57)66-59)63-48-25-12-10-23-46(48)62(43-21-8-5-9-22-43)47-24-11-13-26-49(47)63/h3-39H,2H2,1H3/b41-3+,55-37+. The first-order chi connectivity index (χ1) is 33.1. The zero-order valence-corrected chi connectivity index (χ0v) is 37.7. The van der Waals surface area contributed by atoms with Gasteiger partial charge in [0.05, 0.1) is 0 Å². The fourth-order valence-corrected chi connectivity index (χ4v) is 11.8. The maximum atomic E-state index is 6.78. The van der Waals surface area contributed by atoms with Gasteiger partial charge in [0.15, 0.2) is 0 Å². The molecular weight excluding hydrogens is 829 g/mol. The van der Waals surface area contributed by atoms with Crippen molar-refractivity contribution in [1.82, 2.24) is 0 Å². The minimum atomic E-state index is 0.874. The highest BCUT2D eigenvalue weighted by molar-refractivity contribution is 7.17. The van der Waals surface area contributed by atoms with Crippen LogP contribution in [0.1, 0.15) is 12.5 Å². The predicted octanol–water partition coefficient (Wildman–Crippen LogP) is 17.4. The van der Waals surface area contributed by atoms with Crippen molar-refractivity contribution in [2.24, 2.45) is 0 Å². The van der Waals surface area contributed by atoms with E-state index in [1.807, 2.05) is 0 Å². The molecule has 67 heavy (non-hydrogen) atoms. The Hall–Kier alpha value is -8.30. The lowest BCUT2D eigenvalue weighted by Gasteiger charge is -2.19. The number of fused-ring (bicyclic) bond motifs is 8. The molecule has 314 valence electrons. The van der Waals surface area contributed by atoms with Crippen molar-refractivity contribution in [3.05, 3.63) is 234 Å². The zero-order chi connectivity index (χ0) is 44.6. The normalized spacial score (nSPS) is 12.5. The molecule has 2 aromatic heterocycles. The molecule has 0 atom stereocenters. The Bertz CT molecular complexity index is 4170. The minimum absolute atomic E-state index is 0.874. The van der Waals surface area contributed by atoms with E-state index in [9.17, 15) is 0 Å². The molecule has 0 aliphatic rings. The largest absolute Gasteiger partial charge is 0.456 e. The molecule has 0 unspecified atom stereocenters. The van der Waals surface area contributed by atoms with Gasteiger partial charge in [0.25, 0.3) is 0 Å². The van der Waals surface area contributed by atoms with Crippen LogP contribution in [0.5, 0.6) is 0 Å². The first-order valence-electron chi connectivity index (χ1n) is 23.0. The van der Waals surface area contributed by atoms with Crippen LogP contribution in [0.3, 0.4) is 0 Å². The maximum absolute atomic E-state index is 6.78. The van der Waals surface area contributed by atoms with E-state index in [0.717, 1.165) is 37.6 Å². The molecule has 2 heteroatoms. The quantitative estimate of drug-likeness (QED) is 0.152. The molecule has 0 amide bonds. The van der Waals surface area contributed by atoms with E-state index in [4.69, 9.17) is 4.42 Å². The number of hydrogen-bond donors (Lipinski definition) is 0. The van der Waals surface area contributed by atoms with Crippen LogP contribution >= 0.6 is 11.3 Å². The first kappa shape index (κ1) is 39.1. The molecule has 0 spiro atoms. The van der Waals surface area contributed by atoms with E-state index in [2.05, 4.69) is 238 Å². The van der Waals surface area contributed by atoms with Crippen LogP contribution in [0.15, 0.2) is 223 Å². The number of thiophene rings is 1. The minimum Gasteiger partial charge on any atom is -0.456 e. The summed E-state index contributed by atoms with van der Waals surface area (Å²) in [4.78, 5) is 0. The van der Waals surface area contributed by atoms with Gasteiger partial charge in [-0.1, -0.05) is 195 Å². The predicted molar refractivity (Wildman–Crippen MR) is 290 cm³/mol. The molecule has 1 nitrogen and oxygen atoms in total. The van der Waals surface area contributed by atoms with Gasteiger partial charge >= 0.3 is 0 Å². The molecule has 0 saturated carbocycles. The van der Waals surface area contributed by atoms with Gasteiger partial charge < -0.3 is 4.42 Å². The van der Waals surface area contributed by atoms with Gasteiger partial charge in [-0.2, -0.15) is 0 Å². The first-order valence-corrected chi connectivity index (χ1v) is 23.8. The Morgan fingerprint density at radius 1 is 0.418 bits per heavy atom. The molecule has 0 bridgehead atoms. The van der Waals surface area contributed by atoms with Crippen molar-refractivity contribution >= 4 is 105 Å². The summed E-state index contributed by atoms with van der Waals surface area (Å²) >= 11 is 1.76. The van der Waals surface area contributed by atoms with Gasteiger partial charge in [-0.3, -0.25) is 0 Å². The monoisotopic (exact) mass is 870 g/mol. The number of benzene rings is 11. The second-order valence-electron chi connectivity index (χ2n) is 17.4. The van der Waals surface area contributed by atoms with Crippen LogP contribution in [0, 0.1) is 0 Å².